The van der Waals surface area contributed by atoms with E-state index in [4.69, 9.17) is 5.90 Å². The van der Waals surface area contributed by atoms with E-state index in [1.54, 1.807) is 0 Å². The molecule has 4 N–H and O–H groups in total. The Kier molecular flexibility index (Phi) is 1.45. The van der Waals surface area contributed by atoms with Gasteiger partial charge in [0.15, 0.2) is 0 Å². The molecule has 2 rings (SSSR count). The van der Waals surface area contributed by atoms with Crippen LogP contribution in [0.15, 0.2) is 0 Å². The molecular weight excluding hydrogens is 160 g/mol. The van der Waals surface area contributed by atoms with Gasteiger partial charge in [-0.2, -0.15) is 5.90 Å². The van der Waals surface area contributed by atoms with E-state index in [1.807, 2.05) is 0 Å². The van der Waals surface area contributed by atoms with Crippen molar-refractivity contribution in [3.8, 4) is 0 Å². The van der Waals surface area contributed by atoms with E-state index in [0.29, 0.717) is 6.54 Å². The third kappa shape index (κ3) is 0.757. The van der Waals surface area contributed by atoms with Crippen LogP contribution >= 0.6 is 0 Å². The maximum Gasteiger partial charge on any atom is 0.372 e. The van der Waals surface area contributed by atoms with Gasteiger partial charge in [0.25, 0.3) is 0 Å². The van der Waals surface area contributed by atoms with Crippen molar-refractivity contribution >= 4 is 5.97 Å². The fourth-order valence-corrected chi connectivity index (χ4v) is 1.99. The van der Waals surface area contributed by atoms with Gasteiger partial charge in [0, 0.05) is 5.41 Å². The second kappa shape index (κ2) is 2.18. The lowest BCUT2D eigenvalue weighted by atomic mass is 9.93. The van der Waals surface area contributed by atoms with Crippen molar-refractivity contribution in [1.29, 1.82) is 0 Å². The zero-order valence-corrected chi connectivity index (χ0v) is 6.67. The molecule has 0 aromatic rings. The Balaban J connectivity index is 2.24. The summed E-state index contributed by atoms with van der Waals surface area (Å²) in [6, 6.07) is 0. The van der Waals surface area contributed by atoms with Gasteiger partial charge in [-0.05, 0) is 25.8 Å². The average Bonchev–Trinajstić information content (AvgIpc) is 2.76. The fourth-order valence-electron chi connectivity index (χ4n) is 1.99. The third-order valence-electron chi connectivity index (χ3n) is 3.01. The van der Waals surface area contributed by atoms with Crippen molar-refractivity contribution in [1.82, 2.24) is 5.32 Å². The summed E-state index contributed by atoms with van der Waals surface area (Å²) in [4.78, 5) is 15.2. The van der Waals surface area contributed by atoms with E-state index in [0.717, 1.165) is 19.3 Å². The Labute approximate surface area is 69.8 Å². The molecule has 1 unspecified atom stereocenters. The van der Waals surface area contributed by atoms with Crippen LogP contribution in [-0.2, 0) is 9.63 Å². The molecule has 1 spiro atoms. The number of carbonyl (C=O) groups is 1. The van der Waals surface area contributed by atoms with Crippen molar-refractivity contribution < 1.29 is 14.7 Å². The maximum absolute atomic E-state index is 11.1. The van der Waals surface area contributed by atoms with Gasteiger partial charge in [-0.15, -0.1) is 0 Å². The van der Waals surface area contributed by atoms with E-state index in [1.165, 1.54) is 0 Å². The van der Waals surface area contributed by atoms with Crippen LogP contribution in [0.5, 0.6) is 0 Å². The highest BCUT2D eigenvalue weighted by Gasteiger charge is 2.66. The summed E-state index contributed by atoms with van der Waals surface area (Å²) in [5.41, 5.74) is -1.81. The van der Waals surface area contributed by atoms with Gasteiger partial charge in [-0.25, -0.2) is 4.79 Å². The Morgan fingerprint density at radius 3 is 2.67 bits per heavy atom. The minimum absolute atomic E-state index is 0.288. The molecule has 0 aromatic carbocycles. The SMILES string of the molecule is NOC(=O)C1(O)NCCC12CC2. The normalized spacial score (nSPS) is 36.8. The summed E-state index contributed by atoms with van der Waals surface area (Å²) in [6.45, 7) is 0.644. The first-order valence-electron chi connectivity index (χ1n) is 4.03. The molecule has 0 aromatic heterocycles. The molecule has 5 heteroatoms. The predicted molar refractivity (Wildman–Crippen MR) is 39.5 cm³/mol. The predicted octanol–water partition coefficient (Wildman–Crippen LogP) is -1.13. The first kappa shape index (κ1) is 7.97. The minimum atomic E-state index is -1.53. The van der Waals surface area contributed by atoms with Crippen LogP contribution in [0.4, 0.5) is 0 Å². The second-order valence-electron chi connectivity index (χ2n) is 3.57. The van der Waals surface area contributed by atoms with Crippen LogP contribution in [0.1, 0.15) is 19.3 Å². The molecule has 1 saturated heterocycles. The number of nitrogens with one attached hydrogen (secondary N) is 1. The van der Waals surface area contributed by atoms with Gasteiger partial charge >= 0.3 is 5.97 Å². The Hall–Kier alpha value is -0.650. The molecule has 1 saturated carbocycles. The molecule has 0 bridgehead atoms. The van der Waals surface area contributed by atoms with Crippen LogP contribution in [0, 0.1) is 5.41 Å². The Bertz CT molecular complexity index is 227. The topological polar surface area (TPSA) is 84.6 Å². The van der Waals surface area contributed by atoms with Crippen LogP contribution in [-0.4, -0.2) is 23.3 Å². The Morgan fingerprint density at radius 2 is 2.17 bits per heavy atom. The molecule has 5 nitrogen and oxygen atoms in total. The monoisotopic (exact) mass is 172 g/mol. The first-order valence-corrected chi connectivity index (χ1v) is 4.03. The van der Waals surface area contributed by atoms with Gasteiger partial charge in [-0.1, -0.05) is 0 Å². The highest BCUT2D eigenvalue weighted by molar-refractivity contribution is 5.80. The highest BCUT2D eigenvalue weighted by atomic mass is 16.7. The fraction of sp³-hybridized carbons (Fsp3) is 0.857. The van der Waals surface area contributed by atoms with E-state index in [2.05, 4.69) is 10.2 Å². The van der Waals surface area contributed by atoms with Crippen LogP contribution in [0.2, 0.25) is 0 Å². The number of carbonyl (C=O) groups excluding carboxylic acids is 1. The molecule has 1 heterocycles. The van der Waals surface area contributed by atoms with Crippen molar-refractivity contribution in [2.45, 2.75) is 25.0 Å². The number of rotatable bonds is 1. The van der Waals surface area contributed by atoms with Gasteiger partial charge in [-0.3, -0.25) is 5.32 Å². The smallest absolute Gasteiger partial charge is 0.370 e. The second-order valence-corrected chi connectivity index (χ2v) is 3.57. The molecule has 2 aliphatic rings. The molecule has 0 radical (unpaired) electrons. The van der Waals surface area contributed by atoms with Gasteiger partial charge in [0.2, 0.25) is 5.72 Å². The van der Waals surface area contributed by atoms with Gasteiger partial charge < -0.3 is 9.94 Å². The van der Waals surface area contributed by atoms with Gasteiger partial charge in [0.05, 0.1) is 0 Å². The highest BCUT2D eigenvalue weighted by Crippen LogP contribution is 2.58. The number of aliphatic hydroxyl groups is 1. The largest absolute Gasteiger partial charge is 0.372 e. The summed E-state index contributed by atoms with van der Waals surface area (Å²) in [5.74, 6) is 3.97. The summed E-state index contributed by atoms with van der Waals surface area (Å²) < 4.78 is 0. The molecule has 1 aliphatic heterocycles. The summed E-state index contributed by atoms with van der Waals surface area (Å²) in [6.07, 6.45) is 2.55. The third-order valence-corrected chi connectivity index (χ3v) is 3.01. The van der Waals surface area contributed by atoms with Crippen molar-refractivity contribution in [3.63, 3.8) is 0 Å². The molecule has 1 aliphatic carbocycles. The number of nitrogens with two attached hydrogens (primary N) is 1. The van der Waals surface area contributed by atoms with Crippen LogP contribution in [0.25, 0.3) is 0 Å². The lowest BCUT2D eigenvalue weighted by molar-refractivity contribution is -0.175. The molecule has 12 heavy (non-hydrogen) atoms. The minimum Gasteiger partial charge on any atom is -0.370 e. The van der Waals surface area contributed by atoms with Crippen molar-refractivity contribution in [3.05, 3.63) is 0 Å². The number of hydrogen-bond donors (Lipinski definition) is 3. The van der Waals surface area contributed by atoms with Crippen molar-refractivity contribution in [2.75, 3.05) is 6.54 Å². The molecule has 68 valence electrons. The molecule has 2 fully saturated rings. The first-order chi connectivity index (χ1) is 5.65. The zero-order valence-electron chi connectivity index (χ0n) is 6.67. The molecular formula is C7H12N2O3. The molecule has 1 atom stereocenters. The van der Waals surface area contributed by atoms with Crippen molar-refractivity contribution in [2.24, 2.45) is 11.3 Å². The standard InChI is InChI=1S/C7H12N2O3/c8-12-5(10)7(11)6(1-2-6)3-4-9-7/h9,11H,1-4,8H2. The summed E-state index contributed by atoms with van der Waals surface area (Å²) >= 11 is 0. The number of hydrogen-bond acceptors (Lipinski definition) is 5. The lowest BCUT2D eigenvalue weighted by Crippen LogP contribution is -2.54. The maximum atomic E-state index is 11.1. The van der Waals surface area contributed by atoms with E-state index < -0.39 is 11.7 Å². The van der Waals surface area contributed by atoms with E-state index in [9.17, 15) is 9.90 Å². The molecule has 0 amide bonds. The summed E-state index contributed by atoms with van der Waals surface area (Å²) in [7, 11) is 0. The average molecular weight is 172 g/mol. The van der Waals surface area contributed by atoms with Crippen LogP contribution < -0.4 is 11.2 Å². The van der Waals surface area contributed by atoms with Gasteiger partial charge in [0.1, 0.15) is 0 Å². The van der Waals surface area contributed by atoms with E-state index in [-0.39, 0.29) is 5.41 Å². The van der Waals surface area contributed by atoms with E-state index >= 15 is 0 Å². The lowest BCUT2D eigenvalue weighted by Gasteiger charge is -2.25. The zero-order chi connectivity index (χ0) is 8.82. The quantitative estimate of drug-likeness (QED) is 0.436. The van der Waals surface area contributed by atoms with Crippen LogP contribution in [0.3, 0.4) is 0 Å². The summed E-state index contributed by atoms with van der Waals surface area (Å²) in [5, 5.41) is 12.6. The Morgan fingerprint density at radius 1 is 1.50 bits per heavy atom.